The molecule has 2 N–H and O–H groups in total. The molecule has 1 fully saturated rings. The molecule has 0 spiro atoms. The summed E-state index contributed by atoms with van der Waals surface area (Å²) < 4.78 is 1.93. The molecule has 2 aromatic rings. The monoisotopic (exact) mass is 305 g/mol. The molecule has 112 valence electrons. The summed E-state index contributed by atoms with van der Waals surface area (Å²) in [5.74, 6) is 1.48. The lowest BCUT2D eigenvalue weighted by atomic mass is 9.84. The van der Waals surface area contributed by atoms with Crippen molar-refractivity contribution in [2.75, 3.05) is 5.73 Å². The molecular weight excluding hydrogens is 286 g/mol. The first kappa shape index (κ1) is 14.3. The van der Waals surface area contributed by atoms with Crippen molar-refractivity contribution in [1.29, 1.82) is 0 Å². The maximum atomic E-state index is 6.29. The van der Waals surface area contributed by atoms with Crippen molar-refractivity contribution in [2.24, 2.45) is 5.92 Å². The van der Waals surface area contributed by atoms with Crippen molar-refractivity contribution in [2.45, 2.75) is 45.1 Å². The van der Waals surface area contributed by atoms with E-state index in [9.17, 15) is 0 Å². The first-order chi connectivity index (χ1) is 10.2. The predicted octanol–water partition coefficient (Wildman–Crippen LogP) is 3.72. The highest BCUT2D eigenvalue weighted by molar-refractivity contribution is 6.33. The smallest absolute Gasteiger partial charge is 0.183 e. The van der Waals surface area contributed by atoms with Gasteiger partial charge in [0, 0.05) is 11.3 Å². The van der Waals surface area contributed by atoms with Crippen LogP contribution < -0.4 is 5.73 Å². The molecule has 21 heavy (non-hydrogen) atoms. The van der Waals surface area contributed by atoms with E-state index in [1.54, 1.807) is 12.1 Å². The van der Waals surface area contributed by atoms with E-state index in [4.69, 9.17) is 17.3 Å². The van der Waals surface area contributed by atoms with Gasteiger partial charge in [0.15, 0.2) is 5.82 Å². The van der Waals surface area contributed by atoms with Gasteiger partial charge in [0.2, 0.25) is 0 Å². The third kappa shape index (κ3) is 2.88. The van der Waals surface area contributed by atoms with E-state index in [1.807, 2.05) is 10.7 Å². The molecule has 3 rings (SSSR count). The summed E-state index contributed by atoms with van der Waals surface area (Å²) >= 11 is 6.29. The SMILES string of the molecule is CCC1CCCC(n2nnnc2-c2cc(N)ccc2Cl)C1. The zero-order chi connectivity index (χ0) is 14.8. The summed E-state index contributed by atoms with van der Waals surface area (Å²) in [4.78, 5) is 0. The van der Waals surface area contributed by atoms with E-state index in [0.29, 0.717) is 22.6 Å². The van der Waals surface area contributed by atoms with E-state index in [-0.39, 0.29) is 0 Å². The number of rotatable bonds is 3. The molecule has 1 aliphatic carbocycles. The van der Waals surface area contributed by atoms with Gasteiger partial charge in [-0.2, -0.15) is 0 Å². The second kappa shape index (κ2) is 6.02. The molecule has 1 saturated carbocycles. The van der Waals surface area contributed by atoms with E-state index >= 15 is 0 Å². The second-order valence-corrected chi connectivity index (χ2v) is 6.19. The Bertz CT molecular complexity index is 624. The number of nitrogen functional groups attached to an aromatic ring is 1. The molecule has 0 aliphatic heterocycles. The molecule has 1 aliphatic rings. The minimum absolute atomic E-state index is 0.353. The maximum absolute atomic E-state index is 6.29. The predicted molar refractivity (Wildman–Crippen MR) is 84.0 cm³/mol. The van der Waals surface area contributed by atoms with Crippen molar-refractivity contribution in [3.8, 4) is 11.4 Å². The van der Waals surface area contributed by atoms with Crippen molar-refractivity contribution >= 4 is 17.3 Å². The topological polar surface area (TPSA) is 69.6 Å². The van der Waals surface area contributed by atoms with E-state index in [0.717, 1.165) is 24.3 Å². The Morgan fingerprint density at radius 2 is 2.24 bits per heavy atom. The zero-order valence-corrected chi connectivity index (χ0v) is 12.9. The van der Waals surface area contributed by atoms with Crippen LogP contribution in [0.1, 0.15) is 45.1 Å². The Morgan fingerprint density at radius 3 is 3.05 bits per heavy atom. The highest BCUT2D eigenvalue weighted by Gasteiger charge is 2.26. The summed E-state index contributed by atoms with van der Waals surface area (Å²) in [5, 5.41) is 12.9. The van der Waals surface area contributed by atoms with E-state index < -0.39 is 0 Å². The summed E-state index contributed by atoms with van der Waals surface area (Å²) in [6.45, 7) is 2.25. The standard InChI is InChI=1S/C15H20ClN5/c1-2-10-4-3-5-12(8-10)21-15(18-19-20-21)13-9-11(17)6-7-14(13)16/h6-7,9-10,12H,2-5,8,17H2,1H3. The van der Waals surface area contributed by atoms with Crippen LogP contribution in [-0.4, -0.2) is 20.2 Å². The fourth-order valence-electron chi connectivity index (χ4n) is 3.19. The quantitative estimate of drug-likeness (QED) is 0.877. The van der Waals surface area contributed by atoms with Gasteiger partial charge in [-0.25, -0.2) is 4.68 Å². The molecule has 0 saturated heterocycles. The summed E-state index contributed by atoms with van der Waals surface area (Å²) in [6.07, 6.45) is 6.01. The van der Waals surface area contributed by atoms with Crippen molar-refractivity contribution in [1.82, 2.24) is 20.2 Å². The van der Waals surface area contributed by atoms with Gasteiger partial charge in [0.05, 0.1) is 11.1 Å². The molecule has 2 unspecified atom stereocenters. The number of hydrogen-bond donors (Lipinski definition) is 1. The molecule has 0 amide bonds. The number of nitrogens with two attached hydrogens (primary N) is 1. The number of hydrogen-bond acceptors (Lipinski definition) is 4. The molecule has 0 bridgehead atoms. The van der Waals surface area contributed by atoms with Crippen LogP contribution in [0.2, 0.25) is 5.02 Å². The molecule has 5 nitrogen and oxygen atoms in total. The Balaban J connectivity index is 1.95. The summed E-state index contributed by atoms with van der Waals surface area (Å²) in [7, 11) is 0. The van der Waals surface area contributed by atoms with Crippen LogP contribution in [0, 0.1) is 5.92 Å². The Hall–Kier alpha value is -1.62. The summed E-state index contributed by atoms with van der Waals surface area (Å²) in [6, 6.07) is 5.77. The lowest BCUT2D eigenvalue weighted by Gasteiger charge is -2.28. The van der Waals surface area contributed by atoms with Crippen LogP contribution in [0.5, 0.6) is 0 Å². The average Bonchev–Trinajstić information content (AvgIpc) is 2.99. The lowest BCUT2D eigenvalue weighted by Crippen LogP contribution is -2.20. The molecule has 6 heteroatoms. The number of halogens is 1. The van der Waals surface area contributed by atoms with Crippen LogP contribution in [0.25, 0.3) is 11.4 Å². The second-order valence-electron chi connectivity index (χ2n) is 5.78. The molecule has 1 aromatic carbocycles. The van der Waals surface area contributed by atoms with Crippen molar-refractivity contribution in [3.05, 3.63) is 23.2 Å². The molecule has 1 heterocycles. The molecule has 2 atom stereocenters. The van der Waals surface area contributed by atoms with Gasteiger partial charge < -0.3 is 5.73 Å². The third-order valence-electron chi connectivity index (χ3n) is 4.40. The summed E-state index contributed by atoms with van der Waals surface area (Å²) in [5.41, 5.74) is 7.34. The van der Waals surface area contributed by atoms with Gasteiger partial charge >= 0.3 is 0 Å². The van der Waals surface area contributed by atoms with Gasteiger partial charge in [0.1, 0.15) is 0 Å². The van der Waals surface area contributed by atoms with Crippen LogP contribution in [0.4, 0.5) is 5.69 Å². The highest BCUT2D eigenvalue weighted by atomic mass is 35.5. The largest absolute Gasteiger partial charge is 0.399 e. The number of aromatic nitrogens is 4. The zero-order valence-electron chi connectivity index (χ0n) is 12.2. The molecular formula is C15H20ClN5. The van der Waals surface area contributed by atoms with Gasteiger partial charge in [-0.1, -0.05) is 37.8 Å². The normalized spacial score (nSPS) is 22.4. The first-order valence-electron chi connectivity index (χ1n) is 7.52. The van der Waals surface area contributed by atoms with Crippen molar-refractivity contribution < 1.29 is 0 Å². The average molecular weight is 306 g/mol. The number of benzene rings is 1. The third-order valence-corrected chi connectivity index (χ3v) is 4.73. The Labute approximate surface area is 129 Å². The minimum Gasteiger partial charge on any atom is -0.399 e. The first-order valence-corrected chi connectivity index (χ1v) is 7.90. The van der Waals surface area contributed by atoms with Crippen LogP contribution >= 0.6 is 11.6 Å². The van der Waals surface area contributed by atoms with E-state index in [2.05, 4.69) is 22.4 Å². The van der Waals surface area contributed by atoms with Gasteiger partial charge in [-0.05, 0) is 47.4 Å². The fourth-order valence-corrected chi connectivity index (χ4v) is 3.39. The number of anilines is 1. The van der Waals surface area contributed by atoms with Crippen LogP contribution in [0.15, 0.2) is 18.2 Å². The van der Waals surface area contributed by atoms with Crippen LogP contribution in [0.3, 0.4) is 0 Å². The lowest BCUT2D eigenvalue weighted by molar-refractivity contribution is 0.246. The minimum atomic E-state index is 0.353. The van der Waals surface area contributed by atoms with Gasteiger partial charge in [-0.15, -0.1) is 5.10 Å². The molecule has 0 radical (unpaired) electrons. The number of nitrogens with zero attached hydrogens (tertiary/aromatic N) is 4. The van der Waals surface area contributed by atoms with Gasteiger partial charge in [0.25, 0.3) is 0 Å². The highest BCUT2D eigenvalue weighted by Crippen LogP contribution is 2.36. The Kier molecular flexibility index (Phi) is 4.10. The number of tetrazole rings is 1. The van der Waals surface area contributed by atoms with Crippen LogP contribution in [-0.2, 0) is 0 Å². The maximum Gasteiger partial charge on any atom is 0.183 e. The van der Waals surface area contributed by atoms with E-state index in [1.165, 1.54) is 19.3 Å². The van der Waals surface area contributed by atoms with Crippen molar-refractivity contribution in [3.63, 3.8) is 0 Å². The Morgan fingerprint density at radius 1 is 1.38 bits per heavy atom. The fraction of sp³-hybridized carbons (Fsp3) is 0.533. The van der Waals surface area contributed by atoms with Gasteiger partial charge in [-0.3, -0.25) is 0 Å². The molecule has 1 aromatic heterocycles.